The minimum absolute atomic E-state index is 0.00203. The Balaban J connectivity index is 2.44. The summed E-state index contributed by atoms with van der Waals surface area (Å²) in [6.07, 6.45) is -0.0461. The first kappa shape index (κ1) is 17.9. The zero-order valence-corrected chi connectivity index (χ0v) is 15.3. The van der Waals surface area contributed by atoms with E-state index in [2.05, 4.69) is 0 Å². The van der Waals surface area contributed by atoms with Crippen LogP contribution in [0, 0.1) is 12.8 Å². The second kappa shape index (κ2) is 6.61. The number of carbonyl (C=O) groups excluding carboxylic acids is 1. The van der Waals surface area contributed by atoms with E-state index in [1.54, 1.807) is 29.2 Å². The Bertz CT molecular complexity index is 668. The molecule has 1 heterocycles. The quantitative estimate of drug-likeness (QED) is 0.848. The summed E-state index contributed by atoms with van der Waals surface area (Å²) in [4.78, 5) is 14.3. The molecule has 1 amide bonds. The van der Waals surface area contributed by atoms with Crippen molar-refractivity contribution < 1.29 is 13.2 Å². The van der Waals surface area contributed by atoms with Gasteiger partial charge in [-0.25, -0.2) is 8.42 Å². The molecular formula is C17H26N2O3S. The van der Waals surface area contributed by atoms with Crippen LogP contribution in [0.5, 0.6) is 0 Å². The summed E-state index contributed by atoms with van der Waals surface area (Å²) in [7, 11) is -3.62. The van der Waals surface area contributed by atoms with Gasteiger partial charge in [-0.3, -0.25) is 4.79 Å². The fourth-order valence-corrected chi connectivity index (χ4v) is 4.96. The molecule has 0 aliphatic carbocycles. The zero-order chi connectivity index (χ0) is 17.4. The molecule has 1 aromatic rings. The Kier molecular flexibility index (Phi) is 5.16. The van der Waals surface area contributed by atoms with Gasteiger partial charge < -0.3 is 4.90 Å². The van der Waals surface area contributed by atoms with Gasteiger partial charge in [0.1, 0.15) is 6.17 Å². The molecule has 0 N–H and O–H groups in total. The molecule has 0 radical (unpaired) electrons. The van der Waals surface area contributed by atoms with Gasteiger partial charge in [0, 0.05) is 19.0 Å². The molecule has 2 rings (SSSR count). The van der Waals surface area contributed by atoms with E-state index >= 15 is 0 Å². The lowest BCUT2D eigenvalue weighted by Gasteiger charge is -2.33. The number of hydrogen-bond donors (Lipinski definition) is 0. The lowest BCUT2D eigenvalue weighted by molar-refractivity contribution is -0.135. The van der Waals surface area contributed by atoms with Crippen LogP contribution in [-0.4, -0.2) is 42.3 Å². The number of benzene rings is 1. The molecule has 0 spiro atoms. The van der Waals surface area contributed by atoms with Crippen LogP contribution in [0.3, 0.4) is 0 Å². The lowest BCUT2D eigenvalue weighted by atomic mass is 10.1. The molecule has 1 aromatic carbocycles. The average Bonchev–Trinajstić information content (AvgIpc) is 2.85. The van der Waals surface area contributed by atoms with E-state index in [1.165, 1.54) is 4.31 Å². The second-order valence-corrected chi connectivity index (χ2v) is 8.44. The molecule has 2 atom stereocenters. The summed E-state index contributed by atoms with van der Waals surface area (Å²) in [6, 6.07) is 6.75. The third-order valence-corrected chi connectivity index (χ3v) is 6.16. The molecule has 6 heteroatoms. The van der Waals surface area contributed by atoms with Gasteiger partial charge in [-0.2, -0.15) is 4.31 Å². The Morgan fingerprint density at radius 3 is 2.30 bits per heavy atom. The van der Waals surface area contributed by atoms with Crippen molar-refractivity contribution in [3.8, 4) is 0 Å². The predicted octanol–water partition coefficient (Wildman–Crippen LogP) is 2.61. The van der Waals surface area contributed by atoms with Crippen molar-refractivity contribution in [1.82, 2.24) is 9.21 Å². The van der Waals surface area contributed by atoms with Gasteiger partial charge in [0.25, 0.3) is 0 Å². The van der Waals surface area contributed by atoms with E-state index in [0.717, 1.165) is 5.56 Å². The standard InChI is InChI=1S/C17H26N2O3S/c1-6-16(20)19-14(5)11-18(17(19)12(2)3)23(21,22)15-9-7-13(4)8-10-15/h7-10,12,14,17H,6,11H2,1-5H3/t14-,17-/m0/s1. The van der Waals surface area contributed by atoms with E-state index in [0.29, 0.717) is 13.0 Å². The van der Waals surface area contributed by atoms with Crippen molar-refractivity contribution in [1.29, 1.82) is 0 Å². The van der Waals surface area contributed by atoms with Gasteiger partial charge in [-0.15, -0.1) is 0 Å². The normalized spacial score (nSPS) is 22.8. The van der Waals surface area contributed by atoms with Gasteiger partial charge in [0.15, 0.2) is 0 Å². The Morgan fingerprint density at radius 2 is 1.83 bits per heavy atom. The van der Waals surface area contributed by atoms with Crippen LogP contribution in [0.25, 0.3) is 0 Å². The van der Waals surface area contributed by atoms with E-state index in [4.69, 9.17) is 0 Å². The zero-order valence-electron chi connectivity index (χ0n) is 14.5. The predicted molar refractivity (Wildman–Crippen MR) is 90.3 cm³/mol. The lowest BCUT2D eigenvalue weighted by Crippen LogP contribution is -2.48. The molecule has 1 aliphatic rings. The van der Waals surface area contributed by atoms with Gasteiger partial charge in [-0.05, 0) is 31.9 Å². The first-order valence-electron chi connectivity index (χ1n) is 8.09. The fourth-order valence-electron chi connectivity index (χ4n) is 3.17. The molecule has 0 saturated carbocycles. The van der Waals surface area contributed by atoms with Crippen LogP contribution in [0.2, 0.25) is 0 Å². The van der Waals surface area contributed by atoms with E-state index in [-0.39, 0.29) is 22.8 Å². The van der Waals surface area contributed by atoms with Crippen molar-refractivity contribution in [2.24, 2.45) is 5.92 Å². The molecule has 1 fully saturated rings. The number of hydrogen-bond acceptors (Lipinski definition) is 3. The van der Waals surface area contributed by atoms with Gasteiger partial charge in [-0.1, -0.05) is 38.5 Å². The highest BCUT2D eigenvalue weighted by molar-refractivity contribution is 7.89. The van der Waals surface area contributed by atoms with Gasteiger partial charge in [0.05, 0.1) is 4.90 Å². The highest BCUT2D eigenvalue weighted by Gasteiger charge is 2.46. The van der Waals surface area contributed by atoms with Crippen molar-refractivity contribution in [2.75, 3.05) is 6.54 Å². The average molecular weight is 338 g/mol. The second-order valence-electron chi connectivity index (χ2n) is 6.55. The van der Waals surface area contributed by atoms with E-state index < -0.39 is 16.2 Å². The van der Waals surface area contributed by atoms with E-state index in [9.17, 15) is 13.2 Å². The molecule has 1 aliphatic heterocycles. The molecule has 0 aromatic heterocycles. The summed E-state index contributed by atoms with van der Waals surface area (Å²) in [6.45, 7) is 9.89. The minimum Gasteiger partial charge on any atom is -0.322 e. The summed E-state index contributed by atoms with van der Waals surface area (Å²) < 4.78 is 27.6. The summed E-state index contributed by atoms with van der Waals surface area (Å²) in [5.74, 6) is 0.0217. The van der Waals surface area contributed by atoms with Crippen molar-refractivity contribution in [3.63, 3.8) is 0 Å². The first-order chi connectivity index (χ1) is 10.7. The third-order valence-electron chi connectivity index (χ3n) is 4.31. The third kappa shape index (κ3) is 3.28. The Labute approximate surface area is 139 Å². The molecule has 128 valence electrons. The van der Waals surface area contributed by atoms with Crippen molar-refractivity contribution >= 4 is 15.9 Å². The smallest absolute Gasteiger partial charge is 0.244 e. The van der Waals surface area contributed by atoms with Crippen LogP contribution in [-0.2, 0) is 14.8 Å². The maximum atomic E-state index is 13.1. The topological polar surface area (TPSA) is 57.7 Å². The molecule has 1 saturated heterocycles. The monoisotopic (exact) mass is 338 g/mol. The van der Waals surface area contributed by atoms with Gasteiger partial charge in [0.2, 0.25) is 15.9 Å². The van der Waals surface area contributed by atoms with Crippen LogP contribution in [0.4, 0.5) is 0 Å². The maximum absolute atomic E-state index is 13.1. The Hall–Kier alpha value is -1.40. The minimum atomic E-state index is -3.62. The number of sulfonamides is 1. The van der Waals surface area contributed by atoms with Crippen molar-refractivity contribution in [2.45, 2.75) is 58.1 Å². The highest BCUT2D eigenvalue weighted by Crippen LogP contribution is 2.32. The van der Waals surface area contributed by atoms with Crippen LogP contribution in [0.15, 0.2) is 29.2 Å². The largest absolute Gasteiger partial charge is 0.322 e. The van der Waals surface area contributed by atoms with Crippen LogP contribution < -0.4 is 0 Å². The number of amides is 1. The summed E-state index contributed by atoms with van der Waals surface area (Å²) >= 11 is 0. The van der Waals surface area contributed by atoms with Crippen molar-refractivity contribution in [3.05, 3.63) is 29.8 Å². The van der Waals surface area contributed by atoms with Crippen LogP contribution >= 0.6 is 0 Å². The SMILES string of the molecule is CCC(=O)N1[C@@H](C(C)C)N(S(=O)(=O)c2ccc(C)cc2)C[C@@H]1C. The number of carbonyl (C=O) groups is 1. The number of rotatable bonds is 4. The molecule has 5 nitrogen and oxygen atoms in total. The molecule has 0 bridgehead atoms. The van der Waals surface area contributed by atoms with E-state index in [1.807, 2.05) is 34.6 Å². The summed E-state index contributed by atoms with van der Waals surface area (Å²) in [5.41, 5.74) is 1.02. The maximum Gasteiger partial charge on any atom is 0.244 e. The molecule has 0 unspecified atom stereocenters. The highest BCUT2D eigenvalue weighted by atomic mass is 32.2. The van der Waals surface area contributed by atoms with Crippen LogP contribution in [0.1, 0.15) is 39.7 Å². The first-order valence-corrected chi connectivity index (χ1v) is 9.53. The Morgan fingerprint density at radius 1 is 1.26 bits per heavy atom. The molecule has 23 heavy (non-hydrogen) atoms. The fraction of sp³-hybridized carbons (Fsp3) is 0.588. The number of nitrogens with zero attached hydrogens (tertiary/aromatic N) is 2. The summed E-state index contributed by atoms with van der Waals surface area (Å²) in [5, 5.41) is 0. The molecular weight excluding hydrogens is 312 g/mol. The number of aryl methyl sites for hydroxylation is 1. The van der Waals surface area contributed by atoms with Gasteiger partial charge >= 0.3 is 0 Å².